The molecule has 0 radical (unpaired) electrons. The summed E-state index contributed by atoms with van der Waals surface area (Å²) < 4.78 is 17.8. The first-order valence-corrected chi connectivity index (χ1v) is 8.51. The normalized spacial score (nSPS) is 19.0. The molecule has 0 aliphatic carbocycles. The van der Waals surface area contributed by atoms with Crippen molar-refractivity contribution in [1.82, 2.24) is 20.1 Å². The summed E-state index contributed by atoms with van der Waals surface area (Å²) in [5.41, 5.74) is 3.13. The topological polar surface area (TPSA) is 87.5 Å². The van der Waals surface area contributed by atoms with Gasteiger partial charge in [0.1, 0.15) is 5.69 Å². The van der Waals surface area contributed by atoms with E-state index in [1.54, 1.807) is 24.9 Å². The van der Waals surface area contributed by atoms with Crippen LogP contribution in [0.2, 0.25) is 0 Å². The average molecular weight is 360 g/mol. The van der Waals surface area contributed by atoms with Crippen LogP contribution >= 0.6 is 0 Å². The van der Waals surface area contributed by atoms with Gasteiger partial charge in [0.05, 0.1) is 32.1 Å². The van der Waals surface area contributed by atoms with Gasteiger partial charge in [-0.2, -0.15) is 10.1 Å². The molecule has 26 heavy (non-hydrogen) atoms. The molecule has 0 unspecified atom stereocenters. The molecular formula is C18H24N4O4. The van der Waals surface area contributed by atoms with E-state index in [1.807, 2.05) is 19.9 Å². The lowest BCUT2D eigenvalue weighted by molar-refractivity contribution is -0.00710. The Labute approximate surface area is 152 Å². The number of ether oxygens (including phenoxy) is 3. The second-order valence-corrected chi connectivity index (χ2v) is 6.33. The Kier molecular flexibility index (Phi) is 5.13. The van der Waals surface area contributed by atoms with Gasteiger partial charge in [0.25, 0.3) is 5.91 Å². The number of pyridine rings is 1. The van der Waals surface area contributed by atoms with Crippen LogP contribution in [0.1, 0.15) is 47.3 Å². The van der Waals surface area contributed by atoms with E-state index in [0.717, 1.165) is 16.8 Å². The molecule has 1 aliphatic rings. The minimum Gasteiger partial charge on any atom is -0.481 e. The van der Waals surface area contributed by atoms with Crippen LogP contribution in [0.5, 0.6) is 11.8 Å². The molecule has 0 saturated heterocycles. The van der Waals surface area contributed by atoms with Crippen LogP contribution in [0.25, 0.3) is 0 Å². The number of aromatic nitrogens is 3. The van der Waals surface area contributed by atoms with Crippen molar-refractivity contribution in [2.24, 2.45) is 7.05 Å². The molecule has 3 rings (SSSR count). The number of nitrogens with one attached hydrogen (secondary N) is 1. The first-order valence-electron chi connectivity index (χ1n) is 8.51. The van der Waals surface area contributed by atoms with E-state index in [0.29, 0.717) is 30.4 Å². The van der Waals surface area contributed by atoms with Crippen molar-refractivity contribution >= 4 is 5.91 Å². The molecule has 1 N–H and O–H groups in total. The van der Waals surface area contributed by atoms with Crippen molar-refractivity contribution in [3.63, 3.8) is 0 Å². The average Bonchev–Trinajstić information content (AvgIpc) is 2.95. The van der Waals surface area contributed by atoms with Gasteiger partial charge in [0, 0.05) is 37.2 Å². The van der Waals surface area contributed by atoms with Gasteiger partial charge in [-0.25, -0.2) is 0 Å². The molecule has 8 heteroatoms. The van der Waals surface area contributed by atoms with Crippen molar-refractivity contribution in [3.05, 3.63) is 34.6 Å². The zero-order valence-electron chi connectivity index (χ0n) is 15.7. The number of fused-ring (bicyclic) bond motifs is 1. The van der Waals surface area contributed by atoms with E-state index in [4.69, 9.17) is 14.2 Å². The Morgan fingerprint density at radius 1 is 1.35 bits per heavy atom. The molecule has 0 spiro atoms. The maximum atomic E-state index is 12.8. The Morgan fingerprint density at radius 3 is 2.81 bits per heavy atom. The van der Waals surface area contributed by atoms with Crippen molar-refractivity contribution in [2.75, 3.05) is 14.2 Å². The summed E-state index contributed by atoms with van der Waals surface area (Å²) in [6.45, 7) is 4.25. The van der Waals surface area contributed by atoms with E-state index < -0.39 is 0 Å². The molecule has 2 atom stereocenters. The van der Waals surface area contributed by atoms with Crippen molar-refractivity contribution in [2.45, 2.75) is 39.0 Å². The van der Waals surface area contributed by atoms with Gasteiger partial charge in [0.2, 0.25) is 11.8 Å². The zero-order chi connectivity index (χ0) is 18.8. The molecular weight excluding hydrogens is 336 g/mol. The van der Waals surface area contributed by atoms with Crippen LogP contribution in [0, 0.1) is 0 Å². The highest BCUT2D eigenvalue weighted by atomic mass is 16.5. The molecule has 0 bridgehead atoms. The third-order valence-electron chi connectivity index (χ3n) is 4.46. The number of hydrogen-bond donors (Lipinski definition) is 1. The maximum absolute atomic E-state index is 12.8. The Hall–Kier alpha value is -2.61. The van der Waals surface area contributed by atoms with E-state index >= 15 is 0 Å². The lowest BCUT2D eigenvalue weighted by Crippen LogP contribution is -2.28. The van der Waals surface area contributed by atoms with Gasteiger partial charge in [-0.1, -0.05) is 0 Å². The molecule has 2 aromatic rings. The first kappa shape index (κ1) is 18.2. The highest BCUT2D eigenvalue weighted by molar-refractivity contribution is 5.94. The Morgan fingerprint density at radius 2 is 2.12 bits per heavy atom. The zero-order valence-corrected chi connectivity index (χ0v) is 15.7. The molecule has 1 aliphatic heterocycles. The minimum atomic E-state index is -0.180. The fraction of sp³-hybridized carbons (Fsp3) is 0.500. The second kappa shape index (κ2) is 7.33. The summed E-state index contributed by atoms with van der Waals surface area (Å²) in [6.07, 6.45) is 0.607. The van der Waals surface area contributed by atoms with Crippen molar-refractivity contribution < 1.29 is 19.0 Å². The van der Waals surface area contributed by atoms with Gasteiger partial charge >= 0.3 is 0 Å². The summed E-state index contributed by atoms with van der Waals surface area (Å²) >= 11 is 0. The number of amides is 1. The maximum Gasteiger partial charge on any atom is 0.270 e. The molecule has 1 amide bonds. The number of aryl methyl sites for hydroxylation is 1. The van der Waals surface area contributed by atoms with Crippen molar-refractivity contribution in [1.29, 1.82) is 0 Å². The number of carbonyl (C=O) groups is 1. The summed E-state index contributed by atoms with van der Waals surface area (Å²) in [7, 11) is 4.86. The lowest BCUT2D eigenvalue weighted by Gasteiger charge is -2.24. The van der Waals surface area contributed by atoms with E-state index in [2.05, 4.69) is 15.4 Å². The summed E-state index contributed by atoms with van der Waals surface area (Å²) in [5.74, 6) is 0.702. The van der Waals surface area contributed by atoms with Crippen molar-refractivity contribution in [3.8, 4) is 11.8 Å². The van der Waals surface area contributed by atoms with E-state index in [-0.39, 0.29) is 18.1 Å². The van der Waals surface area contributed by atoms with Gasteiger partial charge < -0.3 is 19.5 Å². The second-order valence-electron chi connectivity index (χ2n) is 6.33. The standard InChI is InChI=1S/C18H24N4O4/c1-10-8-13-15(11(2)26-10)21-22(3)16(13)17(23)19-9-12-6-7-14(24-4)20-18(12)25-5/h6-7,10-11H,8-9H2,1-5H3,(H,19,23)/t10-,11+/m1/s1. The summed E-state index contributed by atoms with van der Waals surface area (Å²) in [6, 6.07) is 3.55. The third-order valence-corrected chi connectivity index (χ3v) is 4.46. The minimum absolute atomic E-state index is 0.0548. The monoisotopic (exact) mass is 360 g/mol. The largest absolute Gasteiger partial charge is 0.481 e. The Bertz CT molecular complexity index is 818. The van der Waals surface area contributed by atoms with Crippen LogP contribution in [0.3, 0.4) is 0 Å². The number of methoxy groups -OCH3 is 2. The van der Waals surface area contributed by atoms with Crippen LogP contribution in [-0.2, 0) is 24.8 Å². The molecule has 2 aromatic heterocycles. The number of nitrogens with zero attached hydrogens (tertiary/aromatic N) is 3. The highest BCUT2D eigenvalue weighted by Gasteiger charge is 2.31. The molecule has 0 fully saturated rings. The first-order chi connectivity index (χ1) is 12.4. The van der Waals surface area contributed by atoms with Crippen LogP contribution in [-0.4, -0.2) is 41.0 Å². The van der Waals surface area contributed by atoms with Gasteiger partial charge in [-0.3, -0.25) is 9.48 Å². The van der Waals surface area contributed by atoms with Crippen LogP contribution < -0.4 is 14.8 Å². The molecule has 8 nitrogen and oxygen atoms in total. The van der Waals surface area contributed by atoms with Gasteiger partial charge in [0.15, 0.2) is 0 Å². The third kappa shape index (κ3) is 3.37. The predicted octanol–water partition coefficient (Wildman–Crippen LogP) is 1.78. The SMILES string of the molecule is COc1ccc(CNC(=O)c2c3c(nn2C)[C@H](C)O[C@H](C)C3)c(OC)n1. The Balaban J connectivity index is 1.80. The number of carbonyl (C=O) groups excluding carboxylic acids is 1. The molecule has 0 aromatic carbocycles. The summed E-state index contributed by atoms with van der Waals surface area (Å²) in [5, 5.41) is 7.41. The number of rotatable bonds is 5. The quantitative estimate of drug-likeness (QED) is 0.875. The fourth-order valence-electron chi connectivity index (χ4n) is 3.29. The van der Waals surface area contributed by atoms with Crippen LogP contribution in [0.4, 0.5) is 0 Å². The van der Waals surface area contributed by atoms with E-state index in [9.17, 15) is 4.79 Å². The van der Waals surface area contributed by atoms with Gasteiger partial charge in [-0.05, 0) is 19.9 Å². The smallest absolute Gasteiger partial charge is 0.270 e. The lowest BCUT2D eigenvalue weighted by atomic mass is 9.99. The van der Waals surface area contributed by atoms with Gasteiger partial charge in [-0.15, -0.1) is 0 Å². The number of hydrogen-bond acceptors (Lipinski definition) is 6. The fourth-order valence-corrected chi connectivity index (χ4v) is 3.29. The highest BCUT2D eigenvalue weighted by Crippen LogP contribution is 2.31. The molecule has 0 saturated carbocycles. The summed E-state index contributed by atoms with van der Waals surface area (Å²) in [4.78, 5) is 17.0. The van der Waals surface area contributed by atoms with E-state index in [1.165, 1.54) is 7.11 Å². The van der Waals surface area contributed by atoms with Crippen LogP contribution in [0.15, 0.2) is 12.1 Å². The molecule has 3 heterocycles. The molecule has 140 valence electrons. The predicted molar refractivity (Wildman–Crippen MR) is 94.4 cm³/mol.